The topological polar surface area (TPSA) is 72.2 Å². The lowest BCUT2D eigenvalue weighted by Crippen LogP contribution is -2.14. The molecular formula is C13H12BrClN2O2S. The molecule has 2 rings (SSSR count). The van der Waals surface area contributed by atoms with Gasteiger partial charge in [-0.15, -0.1) is 0 Å². The molecule has 0 heterocycles. The molecular weight excluding hydrogens is 364 g/mol. The Morgan fingerprint density at radius 3 is 2.55 bits per heavy atom. The van der Waals surface area contributed by atoms with Gasteiger partial charge in [0.1, 0.15) is 4.90 Å². The molecule has 7 heteroatoms. The van der Waals surface area contributed by atoms with Crippen LogP contribution < -0.4 is 10.5 Å². The summed E-state index contributed by atoms with van der Waals surface area (Å²) in [6.07, 6.45) is 0. The maximum Gasteiger partial charge on any atom is 0.263 e. The van der Waals surface area contributed by atoms with Gasteiger partial charge in [-0.25, -0.2) is 8.42 Å². The summed E-state index contributed by atoms with van der Waals surface area (Å²) >= 11 is 9.20. The molecule has 0 amide bonds. The lowest BCUT2D eigenvalue weighted by atomic mass is 10.2. The van der Waals surface area contributed by atoms with Gasteiger partial charge in [0.2, 0.25) is 0 Å². The van der Waals surface area contributed by atoms with Crippen molar-refractivity contribution in [2.45, 2.75) is 11.8 Å². The summed E-state index contributed by atoms with van der Waals surface area (Å²) in [6, 6.07) is 9.60. The second-order valence-corrected chi connectivity index (χ2v) is 7.23. The van der Waals surface area contributed by atoms with Crippen molar-refractivity contribution in [3.63, 3.8) is 0 Å². The predicted molar refractivity (Wildman–Crippen MR) is 85.6 cm³/mol. The van der Waals surface area contributed by atoms with Crippen LogP contribution in [0, 0.1) is 6.92 Å². The van der Waals surface area contributed by atoms with Crippen LogP contribution in [-0.4, -0.2) is 8.42 Å². The first-order valence-electron chi connectivity index (χ1n) is 5.63. The highest BCUT2D eigenvalue weighted by Crippen LogP contribution is 2.26. The highest BCUT2D eigenvalue weighted by atomic mass is 79.9. The monoisotopic (exact) mass is 374 g/mol. The van der Waals surface area contributed by atoms with Crippen molar-refractivity contribution in [1.82, 2.24) is 0 Å². The van der Waals surface area contributed by atoms with E-state index in [9.17, 15) is 8.42 Å². The summed E-state index contributed by atoms with van der Waals surface area (Å²) in [7, 11) is -3.76. The average molecular weight is 376 g/mol. The first-order chi connectivity index (χ1) is 9.29. The Bertz CT molecular complexity index is 763. The first-order valence-corrected chi connectivity index (χ1v) is 8.29. The minimum Gasteiger partial charge on any atom is -0.398 e. The Hall–Kier alpha value is -1.24. The molecule has 0 aliphatic rings. The van der Waals surface area contributed by atoms with Crippen molar-refractivity contribution in [3.8, 4) is 0 Å². The minimum absolute atomic E-state index is 0.0172. The van der Waals surface area contributed by atoms with Gasteiger partial charge in [-0.1, -0.05) is 33.6 Å². The number of nitrogen functional groups attached to an aromatic ring is 1. The van der Waals surface area contributed by atoms with Gasteiger partial charge in [-0.2, -0.15) is 0 Å². The molecule has 0 aromatic heterocycles. The van der Waals surface area contributed by atoms with Gasteiger partial charge in [-0.3, -0.25) is 4.72 Å². The number of nitrogens with one attached hydrogen (secondary N) is 1. The van der Waals surface area contributed by atoms with Gasteiger partial charge in [0.05, 0.1) is 11.4 Å². The summed E-state index contributed by atoms with van der Waals surface area (Å²) in [4.78, 5) is 0.0172. The van der Waals surface area contributed by atoms with Gasteiger partial charge < -0.3 is 5.73 Å². The maximum atomic E-state index is 12.3. The van der Waals surface area contributed by atoms with Crippen LogP contribution in [0.25, 0.3) is 0 Å². The van der Waals surface area contributed by atoms with E-state index in [1.165, 1.54) is 12.1 Å². The molecule has 0 bridgehead atoms. The molecule has 20 heavy (non-hydrogen) atoms. The number of hydrogen-bond acceptors (Lipinski definition) is 3. The highest BCUT2D eigenvalue weighted by Gasteiger charge is 2.18. The van der Waals surface area contributed by atoms with E-state index in [1.54, 1.807) is 24.3 Å². The fraction of sp³-hybridized carbons (Fsp3) is 0.0769. The van der Waals surface area contributed by atoms with Crippen LogP contribution in [0.3, 0.4) is 0 Å². The van der Waals surface area contributed by atoms with Crippen LogP contribution in [0.15, 0.2) is 45.8 Å². The zero-order valence-corrected chi connectivity index (χ0v) is 13.7. The summed E-state index contributed by atoms with van der Waals surface area (Å²) in [5.41, 5.74) is 7.16. The van der Waals surface area contributed by atoms with E-state index in [4.69, 9.17) is 17.3 Å². The van der Waals surface area contributed by atoms with E-state index in [1.807, 2.05) is 6.92 Å². The number of sulfonamides is 1. The fourth-order valence-electron chi connectivity index (χ4n) is 1.61. The Kier molecular flexibility index (Phi) is 4.27. The van der Waals surface area contributed by atoms with Crippen LogP contribution >= 0.6 is 27.5 Å². The Morgan fingerprint density at radius 1 is 1.20 bits per heavy atom. The second kappa shape index (κ2) is 5.63. The minimum atomic E-state index is -3.76. The fourth-order valence-corrected chi connectivity index (χ4v) is 3.51. The van der Waals surface area contributed by atoms with Crippen molar-refractivity contribution < 1.29 is 8.42 Å². The molecule has 0 saturated heterocycles. The van der Waals surface area contributed by atoms with Crippen LogP contribution in [0.4, 0.5) is 11.4 Å². The van der Waals surface area contributed by atoms with E-state index in [0.29, 0.717) is 15.2 Å². The van der Waals surface area contributed by atoms with Gasteiger partial charge in [0, 0.05) is 9.50 Å². The van der Waals surface area contributed by atoms with Gasteiger partial charge in [0.25, 0.3) is 10.0 Å². The number of rotatable bonds is 3. The molecule has 106 valence electrons. The molecule has 0 fully saturated rings. The molecule has 0 spiro atoms. The zero-order valence-electron chi connectivity index (χ0n) is 10.5. The van der Waals surface area contributed by atoms with Crippen molar-refractivity contribution in [2.75, 3.05) is 10.5 Å². The zero-order chi connectivity index (χ0) is 14.9. The van der Waals surface area contributed by atoms with Crippen molar-refractivity contribution in [2.24, 2.45) is 0 Å². The highest BCUT2D eigenvalue weighted by molar-refractivity contribution is 9.10. The predicted octanol–water partition coefficient (Wildman–Crippen LogP) is 3.79. The SMILES string of the molecule is Cc1ccc(NS(=O)(=O)c2cc(Br)ccc2N)cc1Cl. The molecule has 3 N–H and O–H groups in total. The van der Waals surface area contributed by atoms with Crippen molar-refractivity contribution >= 4 is 48.9 Å². The molecule has 2 aromatic carbocycles. The molecule has 0 saturated carbocycles. The van der Waals surface area contributed by atoms with E-state index in [-0.39, 0.29) is 10.6 Å². The quantitative estimate of drug-likeness (QED) is 0.802. The number of halogens is 2. The van der Waals surface area contributed by atoms with Crippen LogP contribution in [0.2, 0.25) is 5.02 Å². The Balaban J connectivity index is 2.40. The van der Waals surface area contributed by atoms with Gasteiger partial charge in [-0.05, 0) is 42.8 Å². The largest absolute Gasteiger partial charge is 0.398 e. The van der Waals surface area contributed by atoms with Crippen molar-refractivity contribution in [3.05, 3.63) is 51.5 Å². The number of aryl methyl sites for hydroxylation is 1. The third kappa shape index (κ3) is 3.26. The van der Waals surface area contributed by atoms with Crippen molar-refractivity contribution in [1.29, 1.82) is 0 Å². The number of anilines is 2. The van der Waals surface area contributed by atoms with Gasteiger partial charge >= 0.3 is 0 Å². The molecule has 0 aliphatic carbocycles. The summed E-state index contributed by atoms with van der Waals surface area (Å²) in [6.45, 7) is 1.84. The molecule has 0 unspecified atom stereocenters. The van der Waals surface area contributed by atoms with Crippen LogP contribution in [0.1, 0.15) is 5.56 Å². The van der Waals surface area contributed by atoms with E-state index < -0.39 is 10.0 Å². The number of benzene rings is 2. The van der Waals surface area contributed by atoms with Crippen LogP contribution in [-0.2, 0) is 10.0 Å². The summed E-state index contributed by atoms with van der Waals surface area (Å²) in [5.74, 6) is 0. The smallest absolute Gasteiger partial charge is 0.263 e. The molecule has 4 nitrogen and oxygen atoms in total. The summed E-state index contributed by atoms with van der Waals surface area (Å²) in [5, 5.41) is 0.493. The standard InChI is InChI=1S/C13H12BrClN2O2S/c1-8-2-4-10(7-11(8)15)17-20(18,19)13-6-9(14)3-5-12(13)16/h2-7,17H,16H2,1H3. The summed E-state index contributed by atoms with van der Waals surface area (Å²) < 4.78 is 27.7. The number of nitrogens with two attached hydrogens (primary N) is 1. The Morgan fingerprint density at radius 2 is 1.90 bits per heavy atom. The van der Waals surface area contributed by atoms with Gasteiger partial charge in [0.15, 0.2) is 0 Å². The lowest BCUT2D eigenvalue weighted by molar-refractivity contribution is 0.601. The van der Waals surface area contributed by atoms with E-state index >= 15 is 0 Å². The van der Waals surface area contributed by atoms with E-state index in [2.05, 4.69) is 20.7 Å². The number of hydrogen-bond donors (Lipinski definition) is 2. The van der Waals surface area contributed by atoms with Crippen LogP contribution in [0.5, 0.6) is 0 Å². The molecule has 2 aromatic rings. The molecule has 0 radical (unpaired) electrons. The third-order valence-electron chi connectivity index (χ3n) is 2.69. The lowest BCUT2D eigenvalue weighted by Gasteiger charge is -2.11. The normalized spacial score (nSPS) is 11.3. The van der Waals surface area contributed by atoms with E-state index in [0.717, 1.165) is 5.56 Å². The second-order valence-electron chi connectivity index (χ2n) is 4.25. The molecule has 0 atom stereocenters. The first kappa shape index (κ1) is 15.2. The maximum absolute atomic E-state index is 12.3. The third-order valence-corrected chi connectivity index (χ3v) is 5.03. The average Bonchev–Trinajstić information content (AvgIpc) is 2.36. The Labute approximate surface area is 131 Å². The molecule has 0 aliphatic heterocycles.